The number of amides is 1. The molecular weight excluding hydrogens is 254 g/mol. The van der Waals surface area contributed by atoms with Gasteiger partial charge in [-0.1, -0.05) is 11.6 Å². The lowest BCUT2D eigenvalue weighted by atomic mass is 10.2. The molecule has 0 heterocycles. The van der Waals surface area contributed by atoms with Gasteiger partial charge in [0.1, 0.15) is 0 Å². The van der Waals surface area contributed by atoms with Crippen molar-refractivity contribution in [3.63, 3.8) is 0 Å². The zero-order chi connectivity index (χ0) is 13.8. The molecule has 0 aliphatic carbocycles. The minimum Gasteiger partial charge on any atom is -0.322 e. The molecule has 98 valence electrons. The minimum absolute atomic E-state index is 0.275. The number of allylic oxidation sites excluding steroid dienone is 1. The standard InChI is InChI=1S/C11H15N3O3S/c1-8(2)6-11(15)13-9-4-3-5-10(7-9)14-18(12,16)17/h3-7,14H,1-2H3,(H,13,15)(H2,12,16,17). The number of rotatable bonds is 4. The quantitative estimate of drug-likeness (QED) is 0.716. The second-order valence-corrected chi connectivity index (χ2v) is 5.23. The van der Waals surface area contributed by atoms with Gasteiger partial charge in [0.25, 0.3) is 10.2 Å². The maximum atomic E-state index is 11.5. The van der Waals surface area contributed by atoms with E-state index < -0.39 is 10.2 Å². The maximum absolute atomic E-state index is 11.5. The second-order valence-electron chi connectivity index (χ2n) is 3.94. The molecule has 0 aliphatic rings. The number of nitrogens with two attached hydrogens (primary N) is 1. The van der Waals surface area contributed by atoms with Crippen LogP contribution >= 0.6 is 0 Å². The summed E-state index contributed by atoms with van der Waals surface area (Å²) in [7, 11) is -3.82. The number of nitrogens with one attached hydrogen (secondary N) is 2. The Balaban J connectivity index is 2.83. The summed E-state index contributed by atoms with van der Waals surface area (Å²) in [5, 5.41) is 7.46. The van der Waals surface area contributed by atoms with Crippen molar-refractivity contribution in [1.29, 1.82) is 0 Å². The number of benzene rings is 1. The molecular formula is C11H15N3O3S. The van der Waals surface area contributed by atoms with Gasteiger partial charge in [-0.15, -0.1) is 0 Å². The van der Waals surface area contributed by atoms with E-state index >= 15 is 0 Å². The van der Waals surface area contributed by atoms with Crippen LogP contribution in [0.25, 0.3) is 0 Å². The zero-order valence-corrected chi connectivity index (χ0v) is 10.9. The summed E-state index contributed by atoms with van der Waals surface area (Å²) in [6.07, 6.45) is 1.44. The number of anilines is 2. The molecule has 0 fully saturated rings. The predicted octanol–water partition coefficient (Wildman–Crippen LogP) is 1.21. The lowest BCUT2D eigenvalue weighted by molar-refractivity contribution is -0.111. The SMILES string of the molecule is CC(C)=CC(=O)Nc1cccc(NS(N)(=O)=O)c1. The topological polar surface area (TPSA) is 101 Å². The van der Waals surface area contributed by atoms with Crippen LogP contribution in [0.3, 0.4) is 0 Å². The van der Waals surface area contributed by atoms with Crippen LogP contribution in [0, 0.1) is 0 Å². The molecule has 1 rings (SSSR count). The van der Waals surface area contributed by atoms with Gasteiger partial charge >= 0.3 is 0 Å². The van der Waals surface area contributed by atoms with Gasteiger partial charge in [0, 0.05) is 11.8 Å². The molecule has 0 unspecified atom stereocenters. The first-order valence-corrected chi connectivity index (χ1v) is 6.67. The van der Waals surface area contributed by atoms with E-state index in [4.69, 9.17) is 5.14 Å². The average molecular weight is 269 g/mol. The fourth-order valence-electron chi connectivity index (χ4n) is 1.27. The number of carbonyl (C=O) groups is 1. The van der Waals surface area contributed by atoms with Gasteiger partial charge in [-0.3, -0.25) is 9.52 Å². The van der Waals surface area contributed by atoms with Gasteiger partial charge in [0.05, 0.1) is 5.69 Å². The Morgan fingerprint density at radius 2 is 1.89 bits per heavy atom. The maximum Gasteiger partial charge on any atom is 0.296 e. The van der Waals surface area contributed by atoms with Crippen LogP contribution in [-0.4, -0.2) is 14.3 Å². The Bertz CT molecular complexity index is 575. The van der Waals surface area contributed by atoms with Crippen molar-refractivity contribution in [2.45, 2.75) is 13.8 Å². The second kappa shape index (κ2) is 5.65. The Morgan fingerprint density at radius 1 is 1.28 bits per heavy atom. The van der Waals surface area contributed by atoms with Crippen LogP contribution in [0.2, 0.25) is 0 Å². The van der Waals surface area contributed by atoms with E-state index in [1.807, 2.05) is 0 Å². The van der Waals surface area contributed by atoms with Crippen LogP contribution in [-0.2, 0) is 15.0 Å². The third kappa shape index (κ3) is 5.46. The van der Waals surface area contributed by atoms with E-state index in [1.165, 1.54) is 18.2 Å². The highest BCUT2D eigenvalue weighted by Gasteiger charge is 2.04. The predicted molar refractivity (Wildman–Crippen MR) is 71.2 cm³/mol. The van der Waals surface area contributed by atoms with Gasteiger partial charge in [-0.25, -0.2) is 5.14 Å². The van der Waals surface area contributed by atoms with Gasteiger partial charge in [0.2, 0.25) is 5.91 Å². The largest absolute Gasteiger partial charge is 0.322 e. The van der Waals surface area contributed by atoms with E-state index in [-0.39, 0.29) is 11.6 Å². The fourth-order valence-corrected chi connectivity index (χ4v) is 1.72. The zero-order valence-electron chi connectivity index (χ0n) is 10.1. The van der Waals surface area contributed by atoms with Crippen molar-refractivity contribution in [2.24, 2.45) is 5.14 Å². The van der Waals surface area contributed by atoms with E-state index in [0.29, 0.717) is 5.69 Å². The van der Waals surface area contributed by atoms with Gasteiger partial charge in [-0.05, 0) is 32.0 Å². The molecule has 0 saturated heterocycles. The van der Waals surface area contributed by atoms with E-state index in [2.05, 4.69) is 10.0 Å². The fraction of sp³-hybridized carbons (Fsp3) is 0.182. The monoisotopic (exact) mass is 269 g/mol. The number of hydrogen-bond donors (Lipinski definition) is 3. The molecule has 0 atom stereocenters. The van der Waals surface area contributed by atoms with Crippen molar-refractivity contribution in [1.82, 2.24) is 0 Å². The highest BCUT2D eigenvalue weighted by Crippen LogP contribution is 2.15. The Labute approximate surface area is 106 Å². The molecule has 7 heteroatoms. The lowest BCUT2D eigenvalue weighted by Crippen LogP contribution is -2.21. The van der Waals surface area contributed by atoms with E-state index in [9.17, 15) is 13.2 Å². The van der Waals surface area contributed by atoms with Crippen molar-refractivity contribution < 1.29 is 13.2 Å². The van der Waals surface area contributed by atoms with Crippen molar-refractivity contribution in [3.8, 4) is 0 Å². The summed E-state index contributed by atoms with van der Waals surface area (Å²) in [5.74, 6) is -0.275. The third-order valence-corrected chi connectivity index (χ3v) is 2.33. The summed E-state index contributed by atoms with van der Waals surface area (Å²) in [4.78, 5) is 11.5. The molecule has 1 aromatic carbocycles. The van der Waals surface area contributed by atoms with Crippen molar-refractivity contribution in [2.75, 3.05) is 10.0 Å². The first kappa shape index (κ1) is 14.2. The van der Waals surface area contributed by atoms with Crippen LogP contribution < -0.4 is 15.2 Å². The molecule has 0 aromatic heterocycles. The van der Waals surface area contributed by atoms with E-state index in [1.54, 1.807) is 26.0 Å². The molecule has 0 radical (unpaired) electrons. The average Bonchev–Trinajstić information content (AvgIpc) is 2.13. The Hall–Kier alpha value is -1.86. The van der Waals surface area contributed by atoms with Crippen LogP contribution in [0.1, 0.15) is 13.8 Å². The minimum atomic E-state index is -3.82. The molecule has 6 nitrogen and oxygen atoms in total. The molecule has 4 N–H and O–H groups in total. The normalized spacial score (nSPS) is 10.6. The summed E-state index contributed by atoms with van der Waals surface area (Å²) >= 11 is 0. The van der Waals surface area contributed by atoms with Crippen molar-refractivity contribution in [3.05, 3.63) is 35.9 Å². The van der Waals surface area contributed by atoms with Crippen LogP contribution in [0.5, 0.6) is 0 Å². The van der Waals surface area contributed by atoms with Crippen LogP contribution in [0.4, 0.5) is 11.4 Å². The van der Waals surface area contributed by atoms with E-state index in [0.717, 1.165) is 5.57 Å². The third-order valence-electron chi connectivity index (χ3n) is 1.81. The lowest BCUT2D eigenvalue weighted by Gasteiger charge is -2.06. The molecule has 18 heavy (non-hydrogen) atoms. The number of hydrogen-bond acceptors (Lipinski definition) is 3. The Kier molecular flexibility index (Phi) is 4.46. The smallest absolute Gasteiger partial charge is 0.296 e. The molecule has 0 bridgehead atoms. The number of carbonyl (C=O) groups excluding carboxylic acids is 1. The van der Waals surface area contributed by atoms with Gasteiger partial charge in [-0.2, -0.15) is 8.42 Å². The Morgan fingerprint density at radius 3 is 2.44 bits per heavy atom. The van der Waals surface area contributed by atoms with Gasteiger partial charge in [0.15, 0.2) is 0 Å². The molecule has 0 aliphatic heterocycles. The highest BCUT2D eigenvalue weighted by molar-refractivity contribution is 7.90. The molecule has 1 amide bonds. The summed E-state index contributed by atoms with van der Waals surface area (Å²) < 4.78 is 23.8. The molecule has 0 spiro atoms. The molecule has 0 saturated carbocycles. The van der Waals surface area contributed by atoms with Crippen molar-refractivity contribution >= 4 is 27.5 Å². The first-order chi connectivity index (χ1) is 8.26. The molecule has 1 aromatic rings. The first-order valence-electron chi connectivity index (χ1n) is 5.13. The summed E-state index contributed by atoms with van der Waals surface area (Å²) in [5.41, 5.74) is 1.63. The van der Waals surface area contributed by atoms with Gasteiger partial charge < -0.3 is 5.32 Å². The summed E-state index contributed by atoms with van der Waals surface area (Å²) in [6.45, 7) is 3.61. The van der Waals surface area contributed by atoms with Crippen LogP contribution in [0.15, 0.2) is 35.9 Å². The summed E-state index contributed by atoms with van der Waals surface area (Å²) in [6, 6.07) is 6.25. The highest BCUT2D eigenvalue weighted by atomic mass is 32.2.